The lowest BCUT2D eigenvalue weighted by Gasteiger charge is -2.21. The summed E-state index contributed by atoms with van der Waals surface area (Å²) in [5.74, 6) is -0.724. The van der Waals surface area contributed by atoms with E-state index in [1.165, 1.54) is 0 Å². The molecule has 10 heteroatoms. The summed E-state index contributed by atoms with van der Waals surface area (Å²) in [5.41, 5.74) is 2.35. The number of sulfonamides is 1. The van der Waals surface area contributed by atoms with Gasteiger partial charge in [0.25, 0.3) is 0 Å². The Balaban J connectivity index is 2.28. The van der Waals surface area contributed by atoms with Gasteiger partial charge in [-0.3, -0.25) is 0 Å². The summed E-state index contributed by atoms with van der Waals surface area (Å²) in [5, 5.41) is 2.43. The molecule has 1 amide bonds. The Labute approximate surface area is 154 Å². The van der Waals surface area contributed by atoms with Crippen LogP contribution in [0.15, 0.2) is 17.0 Å². The van der Waals surface area contributed by atoms with E-state index in [1.54, 1.807) is 32.9 Å². The molecule has 0 saturated carbocycles. The van der Waals surface area contributed by atoms with Crippen molar-refractivity contribution in [2.45, 2.75) is 44.7 Å². The van der Waals surface area contributed by atoms with Crippen LogP contribution in [0.4, 0.5) is 4.79 Å². The molecule has 1 saturated heterocycles. The van der Waals surface area contributed by atoms with Crippen molar-refractivity contribution in [3.8, 4) is 0 Å². The summed E-state index contributed by atoms with van der Waals surface area (Å²) in [7, 11) is -7.43. The average Bonchev–Trinajstić information content (AvgIpc) is 2.75. The molecule has 1 heterocycles. The molecular weight excluding hydrogens is 380 g/mol. The van der Waals surface area contributed by atoms with Gasteiger partial charge in [0.05, 0.1) is 35.1 Å². The normalized spacial score (nSPS) is 22.2. The van der Waals surface area contributed by atoms with Gasteiger partial charge in [-0.1, -0.05) is 6.07 Å². The molecule has 0 bridgehead atoms. The molecule has 0 unspecified atom stereocenters. The van der Waals surface area contributed by atoms with E-state index in [-0.39, 0.29) is 23.0 Å². The molecular formula is C16H24N2O6S2. The number of hydrogen-bond acceptors (Lipinski definition) is 6. The molecule has 0 aliphatic carbocycles. The van der Waals surface area contributed by atoms with E-state index in [4.69, 9.17) is 4.74 Å². The average molecular weight is 405 g/mol. The molecule has 2 atom stereocenters. The number of carbonyl (C=O) groups is 1. The topological polar surface area (TPSA) is 119 Å². The van der Waals surface area contributed by atoms with E-state index in [0.717, 1.165) is 11.1 Å². The second-order valence-corrected chi connectivity index (χ2v) is 10.3. The fourth-order valence-corrected chi connectivity index (χ4v) is 6.47. The molecule has 1 aliphatic rings. The molecule has 1 aromatic carbocycles. The van der Waals surface area contributed by atoms with Gasteiger partial charge in [0, 0.05) is 0 Å². The molecule has 1 fully saturated rings. The number of alkyl carbamates (subject to hydrolysis) is 1. The highest BCUT2D eigenvalue weighted by molar-refractivity contribution is 7.92. The van der Waals surface area contributed by atoms with Crippen LogP contribution in [0.2, 0.25) is 0 Å². The van der Waals surface area contributed by atoms with Crippen LogP contribution in [-0.4, -0.2) is 53.1 Å². The van der Waals surface area contributed by atoms with Crippen molar-refractivity contribution in [2.75, 3.05) is 18.1 Å². The first kappa shape index (κ1) is 20.7. The number of nitrogens with one attached hydrogen (secondary N) is 2. The van der Waals surface area contributed by atoms with Gasteiger partial charge in [-0.05, 0) is 50.5 Å². The maximum absolute atomic E-state index is 12.8. The van der Waals surface area contributed by atoms with Crippen molar-refractivity contribution in [1.29, 1.82) is 0 Å². The number of benzene rings is 1. The minimum atomic E-state index is -3.95. The van der Waals surface area contributed by atoms with E-state index in [9.17, 15) is 21.6 Å². The van der Waals surface area contributed by atoms with E-state index in [0.29, 0.717) is 5.56 Å². The SMILES string of the molecule is CCOC(=O)N[C@@H]1CS(=O)(=O)C[C@@H]1NS(=O)(=O)c1cc(C)c(C)cc1C. The first-order valence-corrected chi connectivity index (χ1v) is 11.5. The van der Waals surface area contributed by atoms with Crippen LogP contribution in [0.5, 0.6) is 0 Å². The van der Waals surface area contributed by atoms with Crippen molar-refractivity contribution in [3.05, 3.63) is 28.8 Å². The van der Waals surface area contributed by atoms with Gasteiger partial charge in [-0.25, -0.2) is 26.4 Å². The Hall–Kier alpha value is -1.65. The first-order chi connectivity index (χ1) is 11.9. The van der Waals surface area contributed by atoms with E-state index < -0.39 is 38.0 Å². The lowest BCUT2D eigenvalue weighted by atomic mass is 10.1. The van der Waals surface area contributed by atoms with Crippen LogP contribution in [0.25, 0.3) is 0 Å². The highest BCUT2D eigenvalue weighted by atomic mass is 32.2. The largest absolute Gasteiger partial charge is 0.450 e. The Kier molecular flexibility index (Phi) is 5.99. The monoisotopic (exact) mass is 404 g/mol. The highest BCUT2D eigenvalue weighted by Crippen LogP contribution is 2.22. The molecule has 26 heavy (non-hydrogen) atoms. The highest BCUT2D eigenvalue weighted by Gasteiger charge is 2.41. The van der Waals surface area contributed by atoms with E-state index in [2.05, 4.69) is 10.0 Å². The number of sulfone groups is 1. The Morgan fingerprint density at radius 3 is 2.31 bits per heavy atom. The molecule has 0 aromatic heterocycles. The molecule has 0 spiro atoms. The van der Waals surface area contributed by atoms with Crippen molar-refractivity contribution < 1.29 is 26.4 Å². The van der Waals surface area contributed by atoms with Crippen LogP contribution in [-0.2, 0) is 24.6 Å². The van der Waals surface area contributed by atoms with Crippen molar-refractivity contribution in [3.63, 3.8) is 0 Å². The number of hydrogen-bond donors (Lipinski definition) is 2. The first-order valence-electron chi connectivity index (χ1n) is 8.19. The Bertz CT molecular complexity index is 909. The number of ether oxygens (including phenoxy) is 1. The van der Waals surface area contributed by atoms with E-state index in [1.807, 2.05) is 6.92 Å². The number of rotatable bonds is 5. The lowest BCUT2D eigenvalue weighted by molar-refractivity contribution is 0.148. The summed E-state index contributed by atoms with van der Waals surface area (Å²) < 4.78 is 56.7. The quantitative estimate of drug-likeness (QED) is 0.749. The summed E-state index contributed by atoms with van der Waals surface area (Å²) in [4.78, 5) is 11.7. The number of aryl methyl sites for hydroxylation is 3. The zero-order chi connectivity index (χ0) is 19.7. The Morgan fingerprint density at radius 1 is 1.12 bits per heavy atom. The summed E-state index contributed by atoms with van der Waals surface area (Å²) >= 11 is 0. The molecule has 2 rings (SSSR count). The van der Waals surface area contributed by atoms with Gasteiger partial charge in [0.2, 0.25) is 10.0 Å². The molecule has 8 nitrogen and oxygen atoms in total. The molecule has 0 radical (unpaired) electrons. The zero-order valence-electron chi connectivity index (χ0n) is 15.2. The minimum Gasteiger partial charge on any atom is -0.450 e. The summed E-state index contributed by atoms with van der Waals surface area (Å²) in [6.07, 6.45) is -0.777. The summed E-state index contributed by atoms with van der Waals surface area (Å²) in [6.45, 7) is 7.12. The van der Waals surface area contributed by atoms with Gasteiger partial charge in [0.1, 0.15) is 0 Å². The van der Waals surface area contributed by atoms with Gasteiger partial charge in [0.15, 0.2) is 9.84 Å². The Morgan fingerprint density at radius 2 is 1.69 bits per heavy atom. The predicted octanol–water partition coefficient (Wildman–Crippen LogP) is 0.802. The smallest absolute Gasteiger partial charge is 0.407 e. The maximum atomic E-state index is 12.8. The van der Waals surface area contributed by atoms with Crippen LogP contribution in [0.3, 0.4) is 0 Å². The molecule has 1 aliphatic heterocycles. The standard InChI is InChI=1S/C16H24N2O6S2/c1-5-24-16(19)17-13-8-25(20,21)9-14(13)18-26(22,23)15-7-11(3)10(2)6-12(15)4/h6-7,13-14,18H,5,8-9H2,1-4H3,(H,17,19)/t13-,14+/m1/s1. The maximum Gasteiger partial charge on any atom is 0.407 e. The number of amides is 1. The van der Waals surface area contributed by atoms with Gasteiger partial charge < -0.3 is 10.1 Å². The molecule has 2 N–H and O–H groups in total. The van der Waals surface area contributed by atoms with Crippen molar-refractivity contribution >= 4 is 26.0 Å². The fraction of sp³-hybridized carbons (Fsp3) is 0.562. The summed E-state index contributed by atoms with van der Waals surface area (Å²) in [6, 6.07) is 1.48. The van der Waals surface area contributed by atoms with Crippen LogP contribution in [0.1, 0.15) is 23.6 Å². The third-order valence-electron chi connectivity index (χ3n) is 4.32. The van der Waals surface area contributed by atoms with Crippen LogP contribution < -0.4 is 10.0 Å². The molecule has 146 valence electrons. The van der Waals surface area contributed by atoms with Crippen LogP contribution >= 0.6 is 0 Å². The van der Waals surface area contributed by atoms with Gasteiger partial charge >= 0.3 is 6.09 Å². The molecule has 1 aromatic rings. The number of carbonyl (C=O) groups excluding carboxylic acids is 1. The second-order valence-electron chi connectivity index (χ2n) is 6.48. The van der Waals surface area contributed by atoms with Gasteiger partial charge in [-0.15, -0.1) is 0 Å². The third-order valence-corrected chi connectivity index (χ3v) is 7.68. The van der Waals surface area contributed by atoms with Gasteiger partial charge in [-0.2, -0.15) is 0 Å². The van der Waals surface area contributed by atoms with Crippen molar-refractivity contribution in [2.24, 2.45) is 0 Å². The third kappa shape index (κ3) is 4.74. The fourth-order valence-electron chi connectivity index (χ4n) is 2.92. The minimum absolute atomic E-state index is 0.0970. The van der Waals surface area contributed by atoms with Crippen molar-refractivity contribution in [1.82, 2.24) is 10.0 Å². The van der Waals surface area contributed by atoms with Crippen LogP contribution in [0, 0.1) is 20.8 Å². The second kappa shape index (κ2) is 7.53. The predicted molar refractivity (Wildman–Crippen MR) is 97.4 cm³/mol. The van der Waals surface area contributed by atoms with E-state index >= 15 is 0 Å². The zero-order valence-corrected chi connectivity index (χ0v) is 16.8. The lowest BCUT2D eigenvalue weighted by Crippen LogP contribution is -2.51.